The number of Topliss-reactive ketones (excluding diaryl/α,β-unsaturated/α-hetero) is 1. The van der Waals surface area contributed by atoms with Gasteiger partial charge in [-0.3, -0.25) is 4.79 Å². The summed E-state index contributed by atoms with van der Waals surface area (Å²) < 4.78 is 1.74. The Balaban J connectivity index is 2.05. The number of hydrogen-bond donors (Lipinski definition) is 1. The van der Waals surface area contributed by atoms with Gasteiger partial charge in [0.2, 0.25) is 0 Å². The Morgan fingerprint density at radius 3 is 2.95 bits per heavy atom. The molecule has 20 heavy (non-hydrogen) atoms. The first kappa shape index (κ1) is 12.8. The SMILES string of the molecule is CC(=O)C(N)c1ccnn1-c1ccc2c(c1)C=C(C)C2. The summed E-state index contributed by atoms with van der Waals surface area (Å²) in [5.41, 5.74) is 11.5. The summed E-state index contributed by atoms with van der Waals surface area (Å²) in [6, 6.07) is 7.38. The van der Waals surface area contributed by atoms with Crippen molar-refractivity contribution in [2.75, 3.05) is 0 Å². The summed E-state index contributed by atoms with van der Waals surface area (Å²) in [6.45, 7) is 3.63. The van der Waals surface area contributed by atoms with Gasteiger partial charge in [-0.2, -0.15) is 5.10 Å². The first-order valence-electron chi connectivity index (χ1n) is 6.66. The van der Waals surface area contributed by atoms with Crippen LogP contribution in [-0.4, -0.2) is 15.6 Å². The van der Waals surface area contributed by atoms with Crippen LogP contribution in [0.15, 0.2) is 36.0 Å². The van der Waals surface area contributed by atoms with Crippen LogP contribution in [0.4, 0.5) is 0 Å². The van der Waals surface area contributed by atoms with Crippen molar-refractivity contribution in [3.8, 4) is 5.69 Å². The molecule has 0 saturated carbocycles. The number of allylic oxidation sites excluding steroid dienone is 1. The van der Waals surface area contributed by atoms with Gasteiger partial charge in [-0.1, -0.05) is 17.7 Å². The van der Waals surface area contributed by atoms with Gasteiger partial charge in [0.15, 0.2) is 5.78 Å². The highest BCUT2D eigenvalue weighted by Crippen LogP contribution is 2.27. The quantitative estimate of drug-likeness (QED) is 0.929. The Morgan fingerprint density at radius 2 is 2.20 bits per heavy atom. The number of aromatic nitrogens is 2. The lowest BCUT2D eigenvalue weighted by atomic mass is 10.1. The predicted octanol–water partition coefficient (Wildman–Crippen LogP) is 2.42. The highest BCUT2D eigenvalue weighted by Gasteiger charge is 2.18. The van der Waals surface area contributed by atoms with E-state index < -0.39 is 6.04 Å². The standard InChI is InChI=1S/C16H17N3O/c1-10-7-12-3-4-14(9-13(12)8-10)19-15(5-6-18-19)16(17)11(2)20/h3-6,8-9,16H,7,17H2,1-2H3. The molecule has 0 bridgehead atoms. The van der Waals surface area contributed by atoms with Gasteiger partial charge in [0.05, 0.1) is 11.4 Å². The van der Waals surface area contributed by atoms with Crippen molar-refractivity contribution in [1.82, 2.24) is 9.78 Å². The zero-order chi connectivity index (χ0) is 14.3. The smallest absolute Gasteiger partial charge is 0.152 e. The maximum atomic E-state index is 11.5. The summed E-state index contributed by atoms with van der Waals surface area (Å²) in [5.74, 6) is -0.0661. The zero-order valence-electron chi connectivity index (χ0n) is 11.6. The average Bonchev–Trinajstić information content (AvgIpc) is 3.01. The van der Waals surface area contributed by atoms with Crippen LogP contribution in [0, 0.1) is 0 Å². The fraction of sp³-hybridized carbons (Fsp3) is 0.250. The van der Waals surface area contributed by atoms with E-state index in [0.717, 1.165) is 17.8 Å². The molecule has 2 aromatic rings. The van der Waals surface area contributed by atoms with Crippen molar-refractivity contribution in [1.29, 1.82) is 0 Å². The largest absolute Gasteiger partial charge is 0.317 e. The van der Waals surface area contributed by atoms with Crippen LogP contribution in [-0.2, 0) is 11.2 Å². The summed E-state index contributed by atoms with van der Waals surface area (Å²) in [4.78, 5) is 11.5. The number of fused-ring (bicyclic) bond motifs is 1. The summed E-state index contributed by atoms with van der Waals surface area (Å²) in [7, 11) is 0. The van der Waals surface area contributed by atoms with E-state index in [1.807, 2.05) is 6.07 Å². The van der Waals surface area contributed by atoms with E-state index in [-0.39, 0.29) is 5.78 Å². The summed E-state index contributed by atoms with van der Waals surface area (Å²) in [5, 5.41) is 4.30. The number of carbonyl (C=O) groups is 1. The van der Waals surface area contributed by atoms with Crippen molar-refractivity contribution in [3.05, 3.63) is 52.9 Å². The van der Waals surface area contributed by atoms with Crippen molar-refractivity contribution in [3.63, 3.8) is 0 Å². The molecule has 1 aromatic heterocycles. The number of hydrogen-bond acceptors (Lipinski definition) is 3. The van der Waals surface area contributed by atoms with E-state index in [9.17, 15) is 4.79 Å². The fourth-order valence-corrected chi connectivity index (χ4v) is 2.60. The van der Waals surface area contributed by atoms with E-state index in [2.05, 4.69) is 30.2 Å². The monoisotopic (exact) mass is 267 g/mol. The first-order valence-corrected chi connectivity index (χ1v) is 6.66. The average molecular weight is 267 g/mol. The van der Waals surface area contributed by atoms with Crippen molar-refractivity contribution < 1.29 is 4.79 Å². The maximum absolute atomic E-state index is 11.5. The van der Waals surface area contributed by atoms with Crippen LogP contribution in [0.2, 0.25) is 0 Å². The molecule has 0 fully saturated rings. The van der Waals surface area contributed by atoms with Crippen molar-refractivity contribution in [2.45, 2.75) is 26.3 Å². The maximum Gasteiger partial charge on any atom is 0.152 e. The third-order valence-electron chi connectivity index (χ3n) is 3.67. The number of benzene rings is 1. The molecule has 0 saturated heterocycles. The van der Waals surface area contributed by atoms with Crippen LogP contribution < -0.4 is 5.73 Å². The van der Waals surface area contributed by atoms with E-state index in [1.165, 1.54) is 23.6 Å². The van der Waals surface area contributed by atoms with Crippen LogP contribution in [0.25, 0.3) is 11.8 Å². The second-order valence-electron chi connectivity index (χ2n) is 5.31. The number of nitrogens with zero attached hydrogens (tertiary/aromatic N) is 2. The number of nitrogens with two attached hydrogens (primary N) is 1. The fourth-order valence-electron chi connectivity index (χ4n) is 2.60. The minimum absolute atomic E-state index is 0.0661. The van der Waals surface area contributed by atoms with E-state index in [1.54, 1.807) is 16.9 Å². The first-order chi connectivity index (χ1) is 9.56. The van der Waals surface area contributed by atoms with Crippen LogP contribution in [0.1, 0.15) is 36.7 Å². The van der Waals surface area contributed by atoms with Gasteiger partial charge in [-0.05, 0) is 49.6 Å². The molecule has 0 amide bonds. The molecule has 1 atom stereocenters. The molecule has 1 unspecified atom stereocenters. The van der Waals surface area contributed by atoms with E-state index in [4.69, 9.17) is 5.73 Å². The number of rotatable bonds is 3. The van der Waals surface area contributed by atoms with Crippen LogP contribution in [0.3, 0.4) is 0 Å². The third-order valence-corrected chi connectivity index (χ3v) is 3.67. The second kappa shape index (κ2) is 4.72. The van der Waals surface area contributed by atoms with Gasteiger partial charge in [0.1, 0.15) is 6.04 Å². The molecular formula is C16H17N3O. The lowest BCUT2D eigenvalue weighted by Crippen LogP contribution is -2.22. The molecule has 0 aliphatic heterocycles. The molecule has 4 nitrogen and oxygen atoms in total. The van der Waals surface area contributed by atoms with E-state index >= 15 is 0 Å². The van der Waals surface area contributed by atoms with Gasteiger partial charge in [-0.15, -0.1) is 0 Å². The molecule has 0 radical (unpaired) electrons. The Morgan fingerprint density at radius 1 is 1.40 bits per heavy atom. The molecule has 0 spiro atoms. The Labute approximate surface area is 117 Å². The molecule has 102 valence electrons. The molecule has 4 heteroatoms. The topological polar surface area (TPSA) is 60.9 Å². The summed E-state index contributed by atoms with van der Waals surface area (Å²) in [6.07, 6.45) is 4.87. The molecule has 1 aromatic carbocycles. The van der Waals surface area contributed by atoms with Gasteiger partial charge in [-0.25, -0.2) is 4.68 Å². The predicted molar refractivity (Wildman–Crippen MR) is 78.5 cm³/mol. The molecule has 1 heterocycles. The molecule has 3 rings (SSSR count). The Bertz CT molecular complexity index is 712. The van der Waals surface area contributed by atoms with Gasteiger partial charge >= 0.3 is 0 Å². The van der Waals surface area contributed by atoms with Crippen molar-refractivity contribution >= 4 is 11.9 Å². The Hall–Kier alpha value is -2.20. The summed E-state index contributed by atoms with van der Waals surface area (Å²) >= 11 is 0. The second-order valence-corrected chi connectivity index (χ2v) is 5.31. The van der Waals surface area contributed by atoms with Gasteiger partial charge in [0, 0.05) is 6.20 Å². The van der Waals surface area contributed by atoms with Crippen LogP contribution in [0.5, 0.6) is 0 Å². The van der Waals surface area contributed by atoms with Crippen molar-refractivity contribution in [2.24, 2.45) is 5.73 Å². The zero-order valence-corrected chi connectivity index (χ0v) is 11.6. The number of ketones is 1. The minimum Gasteiger partial charge on any atom is -0.317 e. The van der Waals surface area contributed by atoms with Crippen LogP contribution >= 0.6 is 0 Å². The van der Waals surface area contributed by atoms with Gasteiger partial charge < -0.3 is 5.73 Å². The molecule has 1 aliphatic carbocycles. The lowest BCUT2D eigenvalue weighted by Gasteiger charge is -2.12. The molecular weight excluding hydrogens is 250 g/mol. The molecule has 2 N–H and O–H groups in total. The minimum atomic E-state index is -0.636. The normalized spacial score (nSPS) is 14.8. The third kappa shape index (κ3) is 2.08. The Kier molecular flexibility index (Phi) is 3.03. The lowest BCUT2D eigenvalue weighted by molar-refractivity contribution is -0.118. The number of carbonyl (C=O) groups excluding carboxylic acids is 1. The highest BCUT2D eigenvalue weighted by atomic mass is 16.1. The van der Waals surface area contributed by atoms with Gasteiger partial charge in [0.25, 0.3) is 0 Å². The molecule has 1 aliphatic rings. The highest BCUT2D eigenvalue weighted by molar-refractivity contribution is 5.82. The van der Waals surface area contributed by atoms with E-state index in [0.29, 0.717) is 0 Å².